The van der Waals surface area contributed by atoms with E-state index in [4.69, 9.17) is 0 Å². The van der Waals surface area contributed by atoms with Gasteiger partial charge in [-0.05, 0) is 16.5 Å². The molecule has 0 spiro atoms. The highest BCUT2D eigenvalue weighted by molar-refractivity contribution is 5.79. The minimum atomic E-state index is 0.119. The van der Waals surface area contributed by atoms with Crippen LogP contribution >= 0.6 is 0 Å². The first-order chi connectivity index (χ1) is 8.48. The van der Waals surface area contributed by atoms with Gasteiger partial charge in [0.2, 0.25) is 5.91 Å². The van der Waals surface area contributed by atoms with Gasteiger partial charge < -0.3 is 10.2 Å². The van der Waals surface area contributed by atoms with Crippen LogP contribution in [0.1, 0.15) is 31.9 Å². The standard InChI is InChI=1S/C15H22N2O/c1-15(2,3)13-7-5-4-6-12(13)11-17-9-8-16-10-14(17)18/h4-7,16H,8-11H2,1-3H3. The maximum absolute atomic E-state index is 11.8. The summed E-state index contributed by atoms with van der Waals surface area (Å²) in [7, 11) is 0. The third-order valence-corrected chi connectivity index (χ3v) is 3.37. The van der Waals surface area contributed by atoms with Crippen molar-refractivity contribution in [1.82, 2.24) is 10.2 Å². The fourth-order valence-electron chi connectivity index (χ4n) is 2.41. The summed E-state index contributed by atoms with van der Waals surface area (Å²) < 4.78 is 0. The average Bonchev–Trinajstić information content (AvgIpc) is 2.31. The molecule has 1 aromatic rings. The molecule has 2 rings (SSSR count). The van der Waals surface area contributed by atoms with Crippen molar-refractivity contribution in [3.05, 3.63) is 35.4 Å². The molecule has 0 atom stereocenters. The first-order valence-corrected chi connectivity index (χ1v) is 6.55. The second-order valence-corrected chi connectivity index (χ2v) is 5.90. The molecule has 0 radical (unpaired) electrons. The molecule has 0 aromatic heterocycles. The molecular weight excluding hydrogens is 224 g/mol. The minimum Gasteiger partial charge on any atom is -0.336 e. The van der Waals surface area contributed by atoms with Crippen LogP contribution in [0.2, 0.25) is 0 Å². The number of carbonyl (C=O) groups is 1. The third-order valence-electron chi connectivity index (χ3n) is 3.37. The molecule has 1 aliphatic heterocycles. The van der Waals surface area contributed by atoms with Gasteiger partial charge in [0, 0.05) is 19.6 Å². The smallest absolute Gasteiger partial charge is 0.236 e. The Balaban J connectivity index is 2.21. The van der Waals surface area contributed by atoms with Crippen LogP contribution in [0.15, 0.2) is 24.3 Å². The summed E-state index contributed by atoms with van der Waals surface area (Å²) in [6, 6.07) is 8.43. The predicted molar refractivity (Wildman–Crippen MR) is 73.4 cm³/mol. The Morgan fingerprint density at radius 3 is 2.67 bits per heavy atom. The number of hydrogen-bond acceptors (Lipinski definition) is 2. The summed E-state index contributed by atoms with van der Waals surface area (Å²) >= 11 is 0. The van der Waals surface area contributed by atoms with Crippen LogP contribution in [0.5, 0.6) is 0 Å². The largest absolute Gasteiger partial charge is 0.336 e. The number of carbonyl (C=O) groups excluding carboxylic acids is 1. The van der Waals surface area contributed by atoms with Gasteiger partial charge in [-0.2, -0.15) is 0 Å². The van der Waals surface area contributed by atoms with Crippen molar-refractivity contribution < 1.29 is 4.79 Å². The number of rotatable bonds is 2. The third kappa shape index (κ3) is 2.91. The molecule has 3 heteroatoms. The molecular formula is C15H22N2O. The highest BCUT2D eigenvalue weighted by Crippen LogP contribution is 2.26. The summed E-state index contributed by atoms with van der Waals surface area (Å²) in [6.07, 6.45) is 0. The fraction of sp³-hybridized carbons (Fsp3) is 0.533. The summed E-state index contributed by atoms with van der Waals surface area (Å²) in [5.74, 6) is 0.199. The lowest BCUT2D eigenvalue weighted by molar-refractivity contribution is -0.132. The number of hydrogen-bond donors (Lipinski definition) is 1. The fourth-order valence-corrected chi connectivity index (χ4v) is 2.41. The molecule has 0 aliphatic carbocycles. The van der Waals surface area contributed by atoms with Crippen molar-refractivity contribution in [2.75, 3.05) is 19.6 Å². The molecule has 1 heterocycles. The topological polar surface area (TPSA) is 32.3 Å². The number of piperazine rings is 1. The normalized spacial score (nSPS) is 17.1. The Morgan fingerprint density at radius 1 is 1.28 bits per heavy atom. The van der Waals surface area contributed by atoms with E-state index in [9.17, 15) is 4.79 Å². The zero-order valence-electron chi connectivity index (χ0n) is 11.5. The maximum Gasteiger partial charge on any atom is 0.236 e. The van der Waals surface area contributed by atoms with Crippen molar-refractivity contribution in [1.29, 1.82) is 0 Å². The van der Waals surface area contributed by atoms with E-state index in [0.717, 1.165) is 19.6 Å². The molecule has 1 fully saturated rings. The highest BCUT2D eigenvalue weighted by atomic mass is 16.2. The van der Waals surface area contributed by atoms with Crippen molar-refractivity contribution in [2.45, 2.75) is 32.7 Å². The Hall–Kier alpha value is -1.35. The molecule has 18 heavy (non-hydrogen) atoms. The van der Waals surface area contributed by atoms with Crippen molar-refractivity contribution in [3.63, 3.8) is 0 Å². The molecule has 0 saturated carbocycles. The van der Waals surface area contributed by atoms with E-state index in [0.29, 0.717) is 6.54 Å². The van der Waals surface area contributed by atoms with Crippen LogP contribution in [0.3, 0.4) is 0 Å². The Morgan fingerprint density at radius 2 is 2.00 bits per heavy atom. The van der Waals surface area contributed by atoms with Crippen LogP contribution in [0.25, 0.3) is 0 Å². The zero-order valence-corrected chi connectivity index (χ0v) is 11.5. The second-order valence-electron chi connectivity index (χ2n) is 5.90. The van der Waals surface area contributed by atoms with Crippen LogP contribution in [0.4, 0.5) is 0 Å². The van der Waals surface area contributed by atoms with Gasteiger partial charge in [-0.15, -0.1) is 0 Å². The molecule has 1 aliphatic rings. The quantitative estimate of drug-likeness (QED) is 0.864. The van der Waals surface area contributed by atoms with Gasteiger partial charge in [0.15, 0.2) is 0 Å². The molecule has 1 aromatic carbocycles. The summed E-state index contributed by atoms with van der Waals surface area (Å²) in [4.78, 5) is 13.8. The van der Waals surface area contributed by atoms with Crippen LogP contribution in [-0.4, -0.2) is 30.4 Å². The predicted octanol–water partition coefficient (Wildman–Crippen LogP) is 1.92. The Bertz CT molecular complexity index is 434. The van der Waals surface area contributed by atoms with Gasteiger partial charge >= 0.3 is 0 Å². The lowest BCUT2D eigenvalue weighted by Crippen LogP contribution is -2.47. The summed E-state index contributed by atoms with van der Waals surface area (Å²) in [6.45, 7) is 9.54. The van der Waals surface area contributed by atoms with Crippen LogP contribution in [-0.2, 0) is 16.8 Å². The number of benzene rings is 1. The average molecular weight is 246 g/mol. The monoisotopic (exact) mass is 246 g/mol. The lowest BCUT2D eigenvalue weighted by atomic mass is 9.83. The molecule has 0 bridgehead atoms. The molecule has 0 unspecified atom stereocenters. The van der Waals surface area contributed by atoms with Crippen LogP contribution in [0, 0.1) is 0 Å². The first kappa shape index (κ1) is 13.1. The molecule has 1 amide bonds. The van der Waals surface area contributed by atoms with Gasteiger partial charge in [-0.25, -0.2) is 0 Å². The molecule has 1 saturated heterocycles. The number of amides is 1. The second kappa shape index (κ2) is 5.11. The summed E-state index contributed by atoms with van der Waals surface area (Å²) in [5.41, 5.74) is 2.71. The SMILES string of the molecule is CC(C)(C)c1ccccc1CN1CCNCC1=O. The van der Waals surface area contributed by atoms with Gasteiger partial charge in [0.1, 0.15) is 0 Å². The zero-order chi connectivity index (χ0) is 13.2. The number of nitrogens with zero attached hydrogens (tertiary/aromatic N) is 1. The van der Waals surface area contributed by atoms with Gasteiger partial charge in [0.25, 0.3) is 0 Å². The first-order valence-electron chi connectivity index (χ1n) is 6.55. The molecule has 1 N–H and O–H groups in total. The van der Waals surface area contributed by atoms with Gasteiger partial charge in [-0.3, -0.25) is 4.79 Å². The van der Waals surface area contributed by atoms with Gasteiger partial charge in [0.05, 0.1) is 6.54 Å². The maximum atomic E-state index is 11.8. The summed E-state index contributed by atoms with van der Waals surface area (Å²) in [5, 5.41) is 3.10. The molecule has 3 nitrogen and oxygen atoms in total. The van der Waals surface area contributed by atoms with E-state index in [1.54, 1.807) is 0 Å². The van der Waals surface area contributed by atoms with E-state index in [-0.39, 0.29) is 11.3 Å². The van der Waals surface area contributed by atoms with E-state index in [2.05, 4.69) is 50.4 Å². The lowest BCUT2D eigenvalue weighted by Gasteiger charge is -2.30. The Kier molecular flexibility index (Phi) is 3.71. The van der Waals surface area contributed by atoms with Crippen LogP contribution < -0.4 is 5.32 Å². The van der Waals surface area contributed by atoms with E-state index in [1.807, 2.05) is 4.90 Å². The highest BCUT2D eigenvalue weighted by Gasteiger charge is 2.22. The van der Waals surface area contributed by atoms with Crippen molar-refractivity contribution >= 4 is 5.91 Å². The van der Waals surface area contributed by atoms with Crippen molar-refractivity contribution in [2.24, 2.45) is 0 Å². The molecule has 98 valence electrons. The van der Waals surface area contributed by atoms with E-state index in [1.165, 1.54) is 11.1 Å². The minimum absolute atomic E-state index is 0.119. The van der Waals surface area contributed by atoms with Gasteiger partial charge in [-0.1, -0.05) is 45.0 Å². The Labute approximate surface area is 109 Å². The van der Waals surface area contributed by atoms with E-state index < -0.39 is 0 Å². The van der Waals surface area contributed by atoms with E-state index >= 15 is 0 Å². The van der Waals surface area contributed by atoms with Crippen molar-refractivity contribution in [3.8, 4) is 0 Å². The number of nitrogens with one attached hydrogen (secondary N) is 1.